The minimum absolute atomic E-state index is 0.248. The van der Waals surface area contributed by atoms with Gasteiger partial charge in [0.05, 0.1) is 0 Å². The van der Waals surface area contributed by atoms with Gasteiger partial charge in [-0.3, -0.25) is 4.79 Å². The SMILES string of the molecule is CCC(CC)(NC(=O)c1cc(N)cc(Cl)c1)C(=O)O. The maximum Gasteiger partial charge on any atom is 0.329 e. The normalized spacial score (nSPS) is 11.1. The first-order valence-electron chi connectivity index (χ1n) is 5.96. The topological polar surface area (TPSA) is 92.4 Å². The molecule has 0 saturated carbocycles. The molecule has 6 heteroatoms. The summed E-state index contributed by atoms with van der Waals surface area (Å²) in [6.07, 6.45) is 0.585. The molecule has 19 heavy (non-hydrogen) atoms. The second-order valence-electron chi connectivity index (χ2n) is 4.32. The van der Waals surface area contributed by atoms with Gasteiger partial charge in [-0.15, -0.1) is 0 Å². The van der Waals surface area contributed by atoms with E-state index >= 15 is 0 Å². The van der Waals surface area contributed by atoms with Crippen molar-refractivity contribution in [1.29, 1.82) is 0 Å². The van der Waals surface area contributed by atoms with E-state index < -0.39 is 17.4 Å². The van der Waals surface area contributed by atoms with Crippen molar-refractivity contribution in [3.63, 3.8) is 0 Å². The molecule has 0 aliphatic carbocycles. The Bertz CT molecular complexity index is 478. The van der Waals surface area contributed by atoms with E-state index in [1.165, 1.54) is 18.2 Å². The second kappa shape index (κ2) is 5.93. The first kappa shape index (κ1) is 15.3. The van der Waals surface area contributed by atoms with Crippen molar-refractivity contribution in [3.8, 4) is 0 Å². The van der Waals surface area contributed by atoms with Gasteiger partial charge in [0.15, 0.2) is 0 Å². The number of halogens is 1. The molecule has 5 nitrogen and oxygen atoms in total. The molecule has 104 valence electrons. The molecule has 0 fully saturated rings. The lowest BCUT2D eigenvalue weighted by Gasteiger charge is -2.28. The monoisotopic (exact) mass is 284 g/mol. The zero-order chi connectivity index (χ0) is 14.6. The Kier molecular flexibility index (Phi) is 4.78. The van der Waals surface area contributed by atoms with Crippen molar-refractivity contribution in [2.75, 3.05) is 5.73 Å². The molecule has 4 N–H and O–H groups in total. The number of benzene rings is 1. The van der Waals surface area contributed by atoms with Gasteiger partial charge in [0, 0.05) is 16.3 Å². The number of aliphatic carboxylic acids is 1. The molecule has 1 aromatic rings. The predicted molar refractivity (Wildman–Crippen MR) is 74.3 cm³/mol. The first-order valence-corrected chi connectivity index (χ1v) is 6.34. The van der Waals surface area contributed by atoms with Crippen molar-refractivity contribution < 1.29 is 14.7 Å². The van der Waals surface area contributed by atoms with Gasteiger partial charge in [-0.25, -0.2) is 4.79 Å². The zero-order valence-corrected chi connectivity index (χ0v) is 11.6. The highest BCUT2D eigenvalue weighted by Crippen LogP contribution is 2.20. The number of anilines is 1. The van der Waals surface area contributed by atoms with Crippen molar-refractivity contribution in [1.82, 2.24) is 5.32 Å². The summed E-state index contributed by atoms with van der Waals surface area (Å²) in [6.45, 7) is 3.43. The van der Waals surface area contributed by atoms with E-state index in [9.17, 15) is 14.7 Å². The Morgan fingerprint density at radius 1 is 1.32 bits per heavy atom. The quantitative estimate of drug-likeness (QED) is 0.723. The molecule has 0 heterocycles. The van der Waals surface area contributed by atoms with E-state index in [2.05, 4.69) is 5.32 Å². The average Bonchev–Trinajstić information content (AvgIpc) is 2.34. The van der Waals surface area contributed by atoms with Gasteiger partial charge >= 0.3 is 5.97 Å². The van der Waals surface area contributed by atoms with Crippen LogP contribution in [-0.2, 0) is 4.79 Å². The summed E-state index contributed by atoms with van der Waals surface area (Å²) in [4.78, 5) is 23.4. The fraction of sp³-hybridized carbons (Fsp3) is 0.385. The van der Waals surface area contributed by atoms with Gasteiger partial charge < -0.3 is 16.2 Å². The number of carbonyl (C=O) groups excluding carboxylic acids is 1. The number of carboxylic acids is 1. The van der Waals surface area contributed by atoms with E-state index in [-0.39, 0.29) is 5.56 Å². The third-order valence-corrected chi connectivity index (χ3v) is 3.37. The van der Waals surface area contributed by atoms with Gasteiger partial charge in [0.1, 0.15) is 5.54 Å². The van der Waals surface area contributed by atoms with Crippen molar-refractivity contribution >= 4 is 29.2 Å². The first-order chi connectivity index (χ1) is 8.84. The number of carbonyl (C=O) groups is 2. The number of hydrogen-bond donors (Lipinski definition) is 3. The Balaban J connectivity index is 3.03. The molecule has 0 aromatic heterocycles. The molecule has 0 atom stereocenters. The Hall–Kier alpha value is -1.75. The van der Waals surface area contributed by atoms with Crippen LogP contribution < -0.4 is 11.1 Å². The third kappa shape index (κ3) is 3.38. The second-order valence-corrected chi connectivity index (χ2v) is 4.76. The van der Waals surface area contributed by atoms with Crippen LogP contribution >= 0.6 is 11.6 Å². The standard InChI is InChI=1S/C13H17ClN2O3/c1-3-13(4-2,12(18)19)16-11(17)8-5-9(14)7-10(15)6-8/h5-7H,3-4,15H2,1-2H3,(H,16,17)(H,18,19). The summed E-state index contributed by atoms with van der Waals surface area (Å²) in [5.41, 5.74) is 4.94. The highest BCUT2D eigenvalue weighted by Gasteiger charge is 2.36. The Labute approximate surface area is 116 Å². The molecule has 0 bridgehead atoms. The van der Waals surface area contributed by atoms with Gasteiger partial charge in [-0.2, -0.15) is 0 Å². The van der Waals surface area contributed by atoms with Crippen LogP contribution in [0.3, 0.4) is 0 Å². The predicted octanol–water partition coefficient (Wildman–Crippen LogP) is 2.30. The van der Waals surface area contributed by atoms with Crippen molar-refractivity contribution in [2.24, 2.45) is 0 Å². The minimum atomic E-state index is -1.27. The third-order valence-electron chi connectivity index (χ3n) is 3.15. The number of carboxylic acid groups (broad SMARTS) is 1. The summed E-state index contributed by atoms with van der Waals surface area (Å²) in [5, 5.41) is 12.1. The summed E-state index contributed by atoms with van der Waals surface area (Å²) in [6, 6.07) is 4.42. The van der Waals surface area contributed by atoms with Crippen molar-refractivity contribution in [3.05, 3.63) is 28.8 Å². The highest BCUT2D eigenvalue weighted by atomic mass is 35.5. The number of nitrogens with two attached hydrogens (primary N) is 1. The van der Waals surface area contributed by atoms with Gasteiger partial charge in [0.2, 0.25) is 0 Å². The van der Waals surface area contributed by atoms with Crippen LogP contribution in [0, 0.1) is 0 Å². The van der Waals surface area contributed by atoms with E-state index in [1.807, 2.05) is 0 Å². The van der Waals surface area contributed by atoms with E-state index in [0.717, 1.165) is 0 Å². The number of nitrogens with one attached hydrogen (secondary N) is 1. The lowest BCUT2D eigenvalue weighted by Crippen LogP contribution is -2.53. The molecule has 1 rings (SSSR count). The maximum atomic E-state index is 12.1. The molecule has 0 aliphatic rings. The summed E-state index contributed by atoms with van der Waals surface area (Å²) in [5.74, 6) is -1.55. The van der Waals surface area contributed by atoms with Gasteiger partial charge in [-0.05, 0) is 31.0 Å². The fourth-order valence-corrected chi connectivity index (χ4v) is 2.06. The number of hydrogen-bond acceptors (Lipinski definition) is 3. The van der Waals surface area contributed by atoms with Crippen LogP contribution in [0.2, 0.25) is 5.02 Å². The molecule has 0 radical (unpaired) electrons. The number of amides is 1. The number of nitrogen functional groups attached to an aromatic ring is 1. The molecular formula is C13H17ClN2O3. The van der Waals surface area contributed by atoms with E-state index in [4.69, 9.17) is 17.3 Å². The lowest BCUT2D eigenvalue weighted by atomic mass is 9.92. The number of rotatable bonds is 5. The van der Waals surface area contributed by atoms with Crippen LogP contribution in [0.5, 0.6) is 0 Å². The highest BCUT2D eigenvalue weighted by molar-refractivity contribution is 6.31. The van der Waals surface area contributed by atoms with Crippen LogP contribution in [-0.4, -0.2) is 22.5 Å². The minimum Gasteiger partial charge on any atom is -0.480 e. The summed E-state index contributed by atoms with van der Waals surface area (Å²) < 4.78 is 0. The van der Waals surface area contributed by atoms with Gasteiger partial charge in [-0.1, -0.05) is 25.4 Å². The lowest BCUT2D eigenvalue weighted by molar-refractivity contribution is -0.144. The summed E-state index contributed by atoms with van der Waals surface area (Å²) in [7, 11) is 0. The van der Waals surface area contributed by atoms with Crippen LogP contribution in [0.15, 0.2) is 18.2 Å². The molecule has 1 amide bonds. The molecule has 0 saturated heterocycles. The molecule has 0 aliphatic heterocycles. The Morgan fingerprint density at radius 2 is 1.89 bits per heavy atom. The zero-order valence-electron chi connectivity index (χ0n) is 10.9. The smallest absolute Gasteiger partial charge is 0.329 e. The molecular weight excluding hydrogens is 268 g/mol. The fourth-order valence-electron chi connectivity index (χ4n) is 1.82. The van der Waals surface area contributed by atoms with Crippen molar-refractivity contribution in [2.45, 2.75) is 32.2 Å². The van der Waals surface area contributed by atoms with Crippen LogP contribution in [0.4, 0.5) is 5.69 Å². The largest absolute Gasteiger partial charge is 0.480 e. The van der Waals surface area contributed by atoms with Gasteiger partial charge in [0.25, 0.3) is 5.91 Å². The van der Waals surface area contributed by atoms with E-state index in [0.29, 0.717) is 23.6 Å². The molecule has 1 aromatic carbocycles. The van der Waals surface area contributed by atoms with Crippen LogP contribution in [0.1, 0.15) is 37.0 Å². The summed E-state index contributed by atoms with van der Waals surface area (Å²) >= 11 is 5.82. The Morgan fingerprint density at radius 3 is 2.32 bits per heavy atom. The molecule has 0 spiro atoms. The molecule has 0 unspecified atom stereocenters. The maximum absolute atomic E-state index is 12.1. The average molecular weight is 285 g/mol. The van der Waals surface area contributed by atoms with Crippen LogP contribution in [0.25, 0.3) is 0 Å². The van der Waals surface area contributed by atoms with E-state index in [1.54, 1.807) is 13.8 Å².